The molecule has 7 rings (SSSR count). The summed E-state index contributed by atoms with van der Waals surface area (Å²) in [4.78, 5) is 30.8. The maximum absolute atomic E-state index is 13.6. The summed E-state index contributed by atoms with van der Waals surface area (Å²) >= 11 is 0. The minimum absolute atomic E-state index is 0.00812. The molecule has 0 aliphatic heterocycles. The summed E-state index contributed by atoms with van der Waals surface area (Å²) in [6.07, 6.45) is 16.5. The molecule has 6 nitrogen and oxygen atoms in total. The molecule has 0 saturated heterocycles. The van der Waals surface area contributed by atoms with E-state index >= 15 is 0 Å². The van der Waals surface area contributed by atoms with Crippen molar-refractivity contribution in [3.8, 4) is 0 Å². The van der Waals surface area contributed by atoms with Crippen LogP contribution in [0.25, 0.3) is 0 Å². The highest BCUT2D eigenvalue weighted by molar-refractivity contribution is 5.95. The molecule has 0 spiro atoms. The first-order valence-corrected chi connectivity index (χ1v) is 16.6. The predicted octanol–water partition coefficient (Wildman–Crippen LogP) is 7.87. The Balaban J connectivity index is 1.30. The van der Waals surface area contributed by atoms with Crippen molar-refractivity contribution in [1.29, 1.82) is 0 Å². The Kier molecular flexibility index (Phi) is 6.01. The molecule has 2 aromatic heterocycles. The van der Waals surface area contributed by atoms with Gasteiger partial charge in [-0.1, -0.05) is 60.1 Å². The Bertz CT molecular complexity index is 1540. The summed E-state index contributed by atoms with van der Waals surface area (Å²) in [5, 5.41) is 15.4. The number of aliphatic carboxylic acids is 1. The number of pyridine rings is 1. The number of aromatic nitrogens is 3. The van der Waals surface area contributed by atoms with Crippen molar-refractivity contribution in [2.75, 3.05) is 0 Å². The van der Waals surface area contributed by atoms with Crippen LogP contribution >= 0.6 is 0 Å². The molecule has 1 N–H and O–H groups in total. The first-order chi connectivity index (χ1) is 20.1. The lowest BCUT2D eigenvalue weighted by Gasteiger charge is -2.70. The fourth-order valence-electron chi connectivity index (χ4n) is 12.0. The number of allylic oxidation sites excluding steroid dienone is 2. The summed E-state index contributed by atoms with van der Waals surface area (Å²) in [6, 6.07) is 3.62. The van der Waals surface area contributed by atoms with Gasteiger partial charge in [-0.25, -0.2) is 0 Å². The zero-order valence-corrected chi connectivity index (χ0v) is 27.2. The number of carbonyl (C=O) groups excluding carboxylic acids is 1. The highest BCUT2D eigenvalue weighted by Crippen LogP contribution is 2.75. The highest BCUT2D eigenvalue weighted by atomic mass is 16.4. The molecule has 0 amide bonds. The van der Waals surface area contributed by atoms with Crippen LogP contribution in [-0.2, 0) is 16.6 Å². The van der Waals surface area contributed by atoms with E-state index in [1.54, 1.807) is 23.1 Å². The minimum atomic E-state index is -0.609. The Morgan fingerprint density at radius 3 is 2.40 bits per heavy atom. The molecule has 6 heteroatoms. The van der Waals surface area contributed by atoms with Gasteiger partial charge in [-0.2, -0.15) is 9.78 Å². The lowest BCUT2D eigenvalue weighted by atomic mass is 9.33. The molecule has 5 aliphatic rings. The molecule has 230 valence electrons. The van der Waals surface area contributed by atoms with E-state index in [1.807, 2.05) is 12.3 Å². The first kappa shape index (κ1) is 29.0. The second-order valence-corrected chi connectivity index (χ2v) is 17.1. The topological polar surface area (TPSA) is 85.1 Å². The van der Waals surface area contributed by atoms with Crippen LogP contribution in [0.2, 0.25) is 0 Å². The molecule has 0 bridgehead atoms. The first-order valence-electron chi connectivity index (χ1n) is 16.6. The van der Waals surface area contributed by atoms with Crippen LogP contribution in [0, 0.1) is 44.8 Å². The van der Waals surface area contributed by atoms with Crippen molar-refractivity contribution in [3.05, 3.63) is 59.2 Å². The van der Waals surface area contributed by atoms with E-state index in [1.165, 1.54) is 11.1 Å². The number of carboxylic acid groups (broad SMARTS) is 1. The molecule has 43 heavy (non-hydrogen) atoms. The summed E-state index contributed by atoms with van der Waals surface area (Å²) in [7, 11) is 0. The molecule has 5 aliphatic carbocycles. The zero-order valence-electron chi connectivity index (χ0n) is 27.2. The van der Waals surface area contributed by atoms with Gasteiger partial charge in [0.1, 0.15) is 0 Å². The highest BCUT2D eigenvalue weighted by Gasteiger charge is 2.69. The van der Waals surface area contributed by atoms with Gasteiger partial charge in [0, 0.05) is 17.8 Å². The Hall–Kier alpha value is -2.76. The van der Waals surface area contributed by atoms with Gasteiger partial charge in [0.15, 0.2) is 0 Å². The van der Waals surface area contributed by atoms with Gasteiger partial charge in [-0.15, -0.1) is 0 Å². The van der Waals surface area contributed by atoms with Crippen molar-refractivity contribution in [2.24, 2.45) is 44.8 Å². The monoisotopic (exact) mass is 583 g/mol. The smallest absolute Gasteiger partial charge is 0.310 e. The largest absolute Gasteiger partial charge is 0.481 e. The average molecular weight is 584 g/mol. The summed E-state index contributed by atoms with van der Waals surface area (Å²) in [5.74, 6) is 0.340. The van der Waals surface area contributed by atoms with Crippen LogP contribution in [0.5, 0.6) is 0 Å². The Labute approximate surface area is 256 Å². The Morgan fingerprint density at radius 1 is 0.953 bits per heavy atom. The molecule has 2 aromatic rings. The minimum Gasteiger partial charge on any atom is -0.481 e. The summed E-state index contributed by atoms with van der Waals surface area (Å²) in [6.45, 7) is 16.9. The van der Waals surface area contributed by atoms with Crippen molar-refractivity contribution in [2.45, 2.75) is 112 Å². The van der Waals surface area contributed by atoms with E-state index in [-0.39, 0.29) is 38.9 Å². The SMILES string of the molecule is CC1(C)CC[C@]2(C(=O)O)CC[C@]3(C)C(=CCC4[C@@]5(C)Cc6cnn(C(=O)c7cccnc7)c6C(C)(C)C5CC[C@]43C)C2C1. The van der Waals surface area contributed by atoms with Crippen molar-refractivity contribution in [1.82, 2.24) is 14.8 Å². The van der Waals surface area contributed by atoms with Crippen LogP contribution in [0.1, 0.15) is 121 Å². The van der Waals surface area contributed by atoms with Crippen LogP contribution in [0.4, 0.5) is 0 Å². The molecular formula is C37H49N3O3. The summed E-state index contributed by atoms with van der Waals surface area (Å²) in [5.41, 5.74) is 3.77. The molecule has 3 unspecified atom stereocenters. The second kappa shape index (κ2) is 8.91. The maximum atomic E-state index is 13.6. The van der Waals surface area contributed by atoms with E-state index in [0.29, 0.717) is 17.4 Å². The van der Waals surface area contributed by atoms with Crippen LogP contribution < -0.4 is 0 Å². The van der Waals surface area contributed by atoms with Crippen molar-refractivity contribution < 1.29 is 14.7 Å². The molecule has 3 saturated carbocycles. The number of carboxylic acids is 1. The second-order valence-electron chi connectivity index (χ2n) is 17.1. The zero-order chi connectivity index (χ0) is 30.8. The van der Waals surface area contributed by atoms with Gasteiger partial charge in [0.05, 0.1) is 22.9 Å². The van der Waals surface area contributed by atoms with E-state index in [2.05, 4.69) is 59.5 Å². The van der Waals surface area contributed by atoms with E-state index in [0.717, 1.165) is 63.5 Å². The number of hydrogen-bond acceptors (Lipinski definition) is 4. The van der Waals surface area contributed by atoms with Crippen LogP contribution in [0.3, 0.4) is 0 Å². The fraction of sp³-hybridized carbons (Fsp3) is 0.676. The van der Waals surface area contributed by atoms with Gasteiger partial charge >= 0.3 is 5.97 Å². The van der Waals surface area contributed by atoms with E-state index in [4.69, 9.17) is 5.10 Å². The summed E-state index contributed by atoms with van der Waals surface area (Å²) < 4.78 is 1.66. The molecule has 7 atom stereocenters. The van der Waals surface area contributed by atoms with Gasteiger partial charge in [-0.3, -0.25) is 14.6 Å². The third-order valence-electron chi connectivity index (χ3n) is 14.3. The third-order valence-corrected chi connectivity index (χ3v) is 14.3. The molecule has 0 radical (unpaired) electrons. The fourth-order valence-corrected chi connectivity index (χ4v) is 12.0. The van der Waals surface area contributed by atoms with Gasteiger partial charge in [-0.05, 0) is 115 Å². The number of hydrogen-bond donors (Lipinski definition) is 1. The van der Waals surface area contributed by atoms with Gasteiger partial charge in [0.2, 0.25) is 0 Å². The van der Waals surface area contributed by atoms with Gasteiger partial charge in [0.25, 0.3) is 5.91 Å². The molecule has 0 aromatic carbocycles. The van der Waals surface area contributed by atoms with Gasteiger partial charge < -0.3 is 5.11 Å². The quantitative estimate of drug-likeness (QED) is 0.364. The lowest BCUT2D eigenvalue weighted by Crippen LogP contribution is -2.65. The van der Waals surface area contributed by atoms with E-state index in [9.17, 15) is 14.7 Å². The number of nitrogens with zero attached hydrogens (tertiary/aromatic N) is 3. The maximum Gasteiger partial charge on any atom is 0.310 e. The Morgan fingerprint density at radius 2 is 1.70 bits per heavy atom. The number of rotatable bonds is 2. The van der Waals surface area contributed by atoms with Crippen LogP contribution in [-0.4, -0.2) is 31.7 Å². The number of carbonyl (C=O) groups is 2. The number of fused-ring (bicyclic) bond motifs is 8. The third kappa shape index (κ3) is 3.64. The standard InChI is InChI=1S/C37H49N3O3/c1-32(2)14-16-37(31(42)43)17-15-35(6)25(26(37)20-32)10-11-28-34(5)19-24-22-39-40(30(41)23-9-8-18-38-21-23)29(24)33(3,4)27(34)12-13-36(28,35)7/h8-10,18,21-22,26-28H,11-17,19-20H2,1-7H3,(H,42,43)/t26?,27?,28?,34-,35+,36+,37-/m0/s1. The van der Waals surface area contributed by atoms with Crippen LogP contribution in [0.15, 0.2) is 42.4 Å². The predicted molar refractivity (Wildman–Crippen MR) is 167 cm³/mol. The molecular weight excluding hydrogens is 534 g/mol. The van der Waals surface area contributed by atoms with Crippen molar-refractivity contribution in [3.63, 3.8) is 0 Å². The lowest BCUT2D eigenvalue weighted by molar-refractivity contribution is -0.177. The van der Waals surface area contributed by atoms with Crippen molar-refractivity contribution >= 4 is 11.9 Å². The normalized spacial score (nSPS) is 40.5. The molecule has 2 heterocycles. The average Bonchev–Trinajstić information content (AvgIpc) is 3.37. The van der Waals surface area contributed by atoms with E-state index < -0.39 is 11.4 Å². The molecule has 3 fully saturated rings.